The first-order chi connectivity index (χ1) is 12.5. The molecule has 6 nitrogen and oxygen atoms in total. The average Bonchev–Trinajstić information content (AvgIpc) is 3.22. The predicted molar refractivity (Wildman–Crippen MR) is 81.2 cm³/mol. The van der Waals surface area contributed by atoms with Crippen molar-refractivity contribution in [3.05, 3.63) is 53.7 Å². The highest BCUT2D eigenvalue weighted by molar-refractivity contribution is 5.51. The fourth-order valence-corrected chi connectivity index (χ4v) is 2.61. The molecule has 10 heteroatoms. The highest BCUT2D eigenvalue weighted by atomic mass is 19.3. The highest BCUT2D eigenvalue weighted by Crippen LogP contribution is 2.48. The first kappa shape index (κ1) is 16.4. The molecule has 0 amide bonds. The number of alkyl halides is 2. The zero-order chi connectivity index (χ0) is 18.3. The van der Waals surface area contributed by atoms with Crippen molar-refractivity contribution in [1.29, 1.82) is 0 Å². The molecule has 1 fully saturated rings. The quantitative estimate of drug-likeness (QED) is 0.692. The van der Waals surface area contributed by atoms with Crippen LogP contribution in [0.4, 0.5) is 23.5 Å². The van der Waals surface area contributed by atoms with Crippen LogP contribution in [0.25, 0.3) is 11.5 Å². The minimum Gasteiger partial charge on any atom is -0.415 e. The molecule has 2 aromatic heterocycles. The Hall–Kier alpha value is -3.04. The summed E-state index contributed by atoms with van der Waals surface area (Å²) in [5, 5.41) is 9.73. The van der Waals surface area contributed by atoms with Crippen LogP contribution in [-0.4, -0.2) is 20.2 Å². The smallest absolute Gasteiger partial charge is 0.314 e. The van der Waals surface area contributed by atoms with Crippen LogP contribution in [0.15, 0.2) is 35.0 Å². The number of hydrogen-bond acceptors (Lipinski definition) is 6. The monoisotopic (exact) mass is 365 g/mol. The molecule has 1 aromatic carbocycles. The Balaban J connectivity index is 1.55. The largest absolute Gasteiger partial charge is 0.415 e. The maximum absolute atomic E-state index is 14.0. The standard InChI is InChI=1S/C16H11F4N5O/c17-9-1-2-11(18)10(5-9)16(3-4-16)23-15-21-6-8(7-22-15)13-24-25-14(26-13)12(19)20/h1-2,5-7,12H,3-4H2,(H,21,22,23). The summed E-state index contributed by atoms with van der Waals surface area (Å²) >= 11 is 0. The van der Waals surface area contributed by atoms with Crippen LogP contribution in [0.3, 0.4) is 0 Å². The summed E-state index contributed by atoms with van der Waals surface area (Å²) in [5.41, 5.74) is -0.290. The fraction of sp³-hybridized carbons (Fsp3) is 0.250. The summed E-state index contributed by atoms with van der Waals surface area (Å²) in [6.07, 6.45) is 0.959. The first-order valence-corrected chi connectivity index (χ1v) is 7.64. The molecule has 1 saturated carbocycles. The van der Waals surface area contributed by atoms with Crippen molar-refractivity contribution in [1.82, 2.24) is 20.2 Å². The van der Waals surface area contributed by atoms with Crippen LogP contribution in [0.2, 0.25) is 0 Å². The van der Waals surface area contributed by atoms with Gasteiger partial charge in [-0.05, 0) is 31.0 Å². The van der Waals surface area contributed by atoms with Gasteiger partial charge < -0.3 is 9.73 Å². The lowest BCUT2D eigenvalue weighted by molar-refractivity contribution is 0.116. The SMILES string of the molecule is Fc1ccc(F)c(C2(Nc3ncc(-c4nnc(C(F)F)o4)cn3)CC2)c1. The molecule has 2 heterocycles. The van der Waals surface area contributed by atoms with Gasteiger partial charge in [0, 0.05) is 18.0 Å². The Labute approximate surface area is 144 Å². The van der Waals surface area contributed by atoms with E-state index in [0.29, 0.717) is 12.8 Å². The Morgan fingerprint density at radius 1 is 1.08 bits per heavy atom. The van der Waals surface area contributed by atoms with Crippen molar-refractivity contribution in [2.45, 2.75) is 24.8 Å². The van der Waals surface area contributed by atoms with E-state index in [1.54, 1.807) is 0 Å². The Morgan fingerprint density at radius 3 is 2.42 bits per heavy atom. The molecular formula is C16H11F4N5O. The summed E-state index contributed by atoms with van der Waals surface area (Å²) in [6, 6.07) is 3.28. The molecule has 0 atom stereocenters. The second kappa shape index (κ2) is 6.04. The molecule has 0 spiro atoms. The average molecular weight is 365 g/mol. The van der Waals surface area contributed by atoms with E-state index in [-0.39, 0.29) is 23.0 Å². The van der Waals surface area contributed by atoms with E-state index in [1.807, 2.05) is 0 Å². The summed E-state index contributed by atoms with van der Waals surface area (Å²) < 4.78 is 57.2. The van der Waals surface area contributed by atoms with Gasteiger partial charge in [0.2, 0.25) is 5.95 Å². The third kappa shape index (κ3) is 2.98. The summed E-state index contributed by atoms with van der Waals surface area (Å²) in [5.74, 6) is -1.79. The fourth-order valence-electron chi connectivity index (χ4n) is 2.61. The zero-order valence-electron chi connectivity index (χ0n) is 13.1. The minimum absolute atomic E-state index is 0.135. The Kier molecular flexibility index (Phi) is 3.82. The number of halogens is 4. The first-order valence-electron chi connectivity index (χ1n) is 7.64. The predicted octanol–water partition coefficient (Wildman–Crippen LogP) is 3.84. The van der Waals surface area contributed by atoms with E-state index in [9.17, 15) is 17.6 Å². The van der Waals surface area contributed by atoms with Gasteiger partial charge in [0.15, 0.2) is 0 Å². The van der Waals surface area contributed by atoms with Crippen LogP contribution in [0.1, 0.15) is 30.7 Å². The maximum atomic E-state index is 14.0. The van der Waals surface area contributed by atoms with E-state index in [4.69, 9.17) is 4.42 Å². The van der Waals surface area contributed by atoms with E-state index in [2.05, 4.69) is 25.5 Å². The number of nitrogens with zero attached hydrogens (tertiary/aromatic N) is 4. The van der Waals surface area contributed by atoms with Crippen LogP contribution in [0, 0.1) is 11.6 Å². The van der Waals surface area contributed by atoms with E-state index < -0.39 is 29.5 Å². The number of anilines is 1. The summed E-state index contributed by atoms with van der Waals surface area (Å²) in [7, 11) is 0. The molecule has 26 heavy (non-hydrogen) atoms. The number of hydrogen-bond donors (Lipinski definition) is 1. The van der Waals surface area contributed by atoms with Crippen molar-refractivity contribution in [2.24, 2.45) is 0 Å². The van der Waals surface area contributed by atoms with Crippen LogP contribution >= 0.6 is 0 Å². The number of aromatic nitrogens is 4. The second-order valence-corrected chi connectivity index (χ2v) is 5.87. The number of rotatable bonds is 5. The van der Waals surface area contributed by atoms with Gasteiger partial charge in [-0.15, -0.1) is 10.2 Å². The number of benzene rings is 1. The third-order valence-electron chi connectivity index (χ3n) is 4.07. The van der Waals surface area contributed by atoms with Crippen LogP contribution in [-0.2, 0) is 5.54 Å². The molecule has 0 unspecified atom stereocenters. The van der Waals surface area contributed by atoms with E-state index in [1.165, 1.54) is 12.4 Å². The van der Waals surface area contributed by atoms with Gasteiger partial charge in [0.1, 0.15) is 11.6 Å². The molecule has 0 saturated heterocycles. The van der Waals surface area contributed by atoms with Gasteiger partial charge >= 0.3 is 6.43 Å². The van der Waals surface area contributed by atoms with Gasteiger partial charge in [0.05, 0.1) is 11.1 Å². The Bertz CT molecular complexity index is 940. The third-order valence-corrected chi connectivity index (χ3v) is 4.07. The lowest BCUT2D eigenvalue weighted by Crippen LogP contribution is -2.22. The van der Waals surface area contributed by atoms with Crippen molar-refractivity contribution in [2.75, 3.05) is 5.32 Å². The van der Waals surface area contributed by atoms with Crippen molar-refractivity contribution in [3.8, 4) is 11.5 Å². The lowest BCUT2D eigenvalue weighted by atomic mass is 10.0. The van der Waals surface area contributed by atoms with Gasteiger partial charge in [-0.3, -0.25) is 0 Å². The number of nitrogens with one attached hydrogen (secondary N) is 1. The molecule has 0 radical (unpaired) electrons. The molecule has 1 aliphatic carbocycles. The van der Waals surface area contributed by atoms with Crippen molar-refractivity contribution < 1.29 is 22.0 Å². The molecule has 0 bridgehead atoms. The molecular weight excluding hydrogens is 354 g/mol. The second-order valence-electron chi connectivity index (χ2n) is 5.87. The normalized spacial score (nSPS) is 15.3. The highest BCUT2D eigenvalue weighted by Gasteiger charge is 2.47. The molecule has 1 aliphatic rings. The van der Waals surface area contributed by atoms with E-state index in [0.717, 1.165) is 18.2 Å². The molecule has 134 valence electrons. The van der Waals surface area contributed by atoms with Gasteiger partial charge in [-0.25, -0.2) is 18.7 Å². The maximum Gasteiger partial charge on any atom is 0.314 e. The van der Waals surface area contributed by atoms with Gasteiger partial charge in [-0.1, -0.05) is 0 Å². The van der Waals surface area contributed by atoms with Crippen molar-refractivity contribution >= 4 is 5.95 Å². The molecule has 1 N–H and O–H groups in total. The van der Waals surface area contributed by atoms with Crippen molar-refractivity contribution in [3.63, 3.8) is 0 Å². The van der Waals surface area contributed by atoms with E-state index >= 15 is 0 Å². The van der Waals surface area contributed by atoms with Crippen LogP contribution < -0.4 is 5.32 Å². The zero-order valence-corrected chi connectivity index (χ0v) is 13.1. The molecule has 0 aliphatic heterocycles. The molecule has 4 rings (SSSR count). The topological polar surface area (TPSA) is 76.7 Å². The van der Waals surface area contributed by atoms with Gasteiger partial charge in [-0.2, -0.15) is 8.78 Å². The minimum atomic E-state index is -2.87. The molecule has 3 aromatic rings. The summed E-state index contributed by atoms with van der Waals surface area (Å²) in [6.45, 7) is 0. The Morgan fingerprint density at radius 2 is 1.81 bits per heavy atom. The van der Waals surface area contributed by atoms with Crippen LogP contribution in [0.5, 0.6) is 0 Å². The lowest BCUT2D eigenvalue weighted by Gasteiger charge is -2.18. The van der Waals surface area contributed by atoms with Gasteiger partial charge in [0.25, 0.3) is 11.8 Å². The summed E-state index contributed by atoms with van der Waals surface area (Å²) in [4.78, 5) is 8.12.